The number of hydrogen-bond acceptors (Lipinski definition) is 4. The van der Waals surface area contributed by atoms with Crippen LogP contribution in [0.5, 0.6) is 0 Å². The van der Waals surface area contributed by atoms with Crippen LogP contribution in [0.15, 0.2) is 42.7 Å². The Bertz CT molecular complexity index is 838. The predicted molar refractivity (Wildman–Crippen MR) is 115 cm³/mol. The minimum atomic E-state index is -0.948. The maximum absolute atomic E-state index is 13.0. The topological polar surface area (TPSA) is 65.5 Å². The van der Waals surface area contributed by atoms with Gasteiger partial charge in [0.2, 0.25) is 0 Å². The molecule has 0 bridgehead atoms. The zero-order valence-electron chi connectivity index (χ0n) is 16.1. The summed E-state index contributed by atoms with van der Waals surface area (Å²) in [5.74, 6) is 0.699. The normalized spacial score (nSPS) is 20.9. The second-order valence-electron chi connectivity index (χ2n) is 7.88. The van der Waals surface area contributed by atoms with Gasteiger partial charge in [-0.25, -0.2) is 0 Å². The van der Waals surface area contributed by atoms with E-state index in [4.69, 9.17) is 0 Å². The molecule has 0 spiro atoms. The molecule has 2 aliphatic rings. The van der Waals surface area contributed by atoms with Gasteiger partial charge in [-0.1, -0.05) is 12.1 Å². The van der Waals surface area contributed by atoms with E-state index in [0.29, 0.717) is 17.5 Å². The molecule has 0 unspecified atom stereocenters. The zero-order valence-corrected chi connectivity index (χ0v) is 17.7. The lowest BCUT2D eigenvalue weighted by atomic mass is 9.96. The standard InChI is InChI=1S/C21H25N3O2.2ClH/c1-21(2,26)18-9-17(11-22-12-18)14-4-3-5-15(8-14)20(25)24-7-6-16-10-23-13-19(16)24;;/h3-5,8-9,11-12,16,19,23,26H,6-7,10,13H2,1-2H3;2*1H/t16-,19+;;/m0../s1. The van der Waals surface area contributed by atoms with Crippen molar-refractivity contribution in [3.63, 3.8) is 0 Å². The first-order chi connectivity index (χ1) is 12.4. The van der Waals surface area contributed by atoms with Crippen LogP contribution >= 0.6 is 24.8 Å². The molecule has 5 nitrogen and oxygen atoms in total. The van der Waals surface area contributed by atoms with Gasteiger partial charge in [0.25, 0.3) is 5.91 Å². The zero-order chi connectivity index (χ0) is 18.3. The summed E-state index contributed by atoms with van der Waals surface area (Å²) < 4.78 is 0. The van der Waals surface area contributed by atoms with Gasteiger partial charge in [-0.05, 0) is 49.9 Å². The highest BCUT2D eigenvalue weighted by Gasteiger charge is 2.40. The molecule has 2 fully saturated rings. The number of aromatic nitrogens is 1. The van der Waals surface area contributed by atoms with Gasteiger partial charge < -0.3 is 15.3 Å². The van der Waals surface area contributed by atoms with Crippen molar-refractivity contribution >= 4 is 30.7 Å². The molecule has 2 atom stereocenters. The molecular formula is C21H27Cl2N3O2. The predicted octanol–water partition coefficient (Wildman–Crippen LogP) is 3.25. The van der Waals surface area contributed by atoms with Gasteiger partial charge in [-0.2, -0.15) is 0 Å². The Morgan fingerprint density at radius 2 is 1.96 bits per heavy atom. The number of pyridine rings is 1. The number of aliphatic hydroxyl groups is 1. The Hall–Kier alpha value is -1.66. The SMILES string of the molecule is CC(C)(O)c1cncc(-c2cccc(C(=O)N3CC[C@H]4CNC[C@H]43)c2)c1.Cl.Cl. The Labute approximate surface area is 178 Å². The van der Waals surface area contributed by atoms with Crippen LogP contribution < -0.4 is 5.32 Å². The molecule has 1 aromatic heterocycles. The molecule has 2 aliphatic heterocycles. The van der Waals surface area contributed by atoms with E-state index in [0.717, 1.165) is 42.7 Å². The first-order valence-corrected chi connectivity index (χ1v) is 9.23. The highest BCUT2D eigenvalue weighted by atomic mass is 35.5. The van der Waals surface area contributed by atoms with E-state index in [-0.39, 0.29) is 30.7 Å². The van der Waals surface area contributed by atoms with Crippen molar-refractivity contribution in [2.45, 2.75) is 31.9 Å². The molecule has 0 radical (unpaired) electrons. The van der Waals surface area contributed by atoms with Crippen LogP contribution in [0.25, 0.3) is 11.1 Å². The van der Waals surface area contributed by atoms with Crippen LogP contribution in [-0.2, 0) is 5.60 Å². The average Bonchev–Trinajstić information content (AvgIpc) is 3.24. The van der Waals surface area contributed by atoms with Crippen LogP contribution in [-0.4, -0.2) is 46.6 Å². The molecule has 28 heavy (non-hydrogen) atoms. The van der Waals surface area contributed by atoms with E-state index in [1.165, 1.54) is 0 Å². The van der Waals surface area contributed by atoms with E-state index in [1.54, 1.807) is 26.2 Å². The molecule has 152 valence electrons. The van der Waals surface area contributed by atoms with Crippen molar-refractivity contribution in [2.24, 2.45) is 5.92 Å². The number of carbonyl (C=O) groups excluding carboxylic acids is 1. The molecule has 1 amide bonds. The van der Waals surface area contributed by atoms with Gasteiger partial charge in [-0.15, -0.1) is 24.8 Å². The van der Waals surface area contributed by atoms with Gasteiger partial charge in [0.15, 0.2) is 0 Å². The van der Waals surface area contributed by atoms with Gasteiger partial charge in [0.1, 0.15) is 0 Å². The number of nitrogens with one attached hydrogen (secondary N) is 1. The Kier molecular flexibility index (Phi) is 7.10. The third kappa shape index (κ3) is 4.33. The van der Waals surface area contributed by atoms with Crippen LogP contribution in [0, 0.1) is 5.92 Å². The second kappa shape index (κ2) is 8.78. The number of likely N-dealkylation sites (tertiary alicyclic amines) is 1. The van der Waals surface area contributed by atoms with Crippen LogP contribution in [0.4, 0.5) is 0 Å². The third-order valence-corrected chi connectivity index (χ3v) is 5.59. The minimum Gasteiger partial charge on any atom is -0.386 e. The summed E-state index contributed by atoms with van der Waals surface area (Å²) in [7, 11) is 0. The number of halogens is 2. The molecule has 2 saturated heterocycles. The fourth-order valence-corrected chi connectivity index (χ4v) is 4.03. The summed E-state index contributed by atoms with van der Waals surface area (Å²) in [6, 6.07) is 9.97. The molecule has 3 heterocycles. The first kappa shape index (κ1) is 22.6. The van der Waals surface area contributed by atoms with Crippen molar-refractivity contribution in [1.82, 2.24) is 15.2 Å². The largest absolute Gasteiger partial charge is 0.386 e. The van der Waals surface area contributed by atoms with Crippen molar-refractivity contribution in [2.75, 3.05) is 19.6 Å². The summed E-state index contributed by atoms with van der Waals surface area (Å²) in [5.41, 5.74) is 2.36. The minimum absolute atomic E-state index is 0. The number of nitrogens with zero attached hydrogens (tertiary/aromatic N) is 2. The fraction of sp³-hybridized carbons (Fsp3) is 0.429. The maximum Gasteiger partial charge on any atom is 0.254 e. The number of benzene rings is 1. The molecule has 0 saturated carbocycles. The Morgan fingerprint density at radius 3 is 2.71 bits per heavy atom. The Balaban J connectivity index is 0.00000140. The third-order valence-electron chi connectivity index (χ3n) is 5.59. The van der Waals surface area contributed by atoms with Gasteiger partial charge in [-0.3, -0.25) is 9.78 Å². The number of hydrogen-bond donors (Lipinski definition) is 2. The van der Waals surface area contributed by atoms with Gasteiger partial charge in [0.05, 0.1) is 5.60 Å². The first-order valence-electron chi connectivity index (χ1n) is 9.23. The summed E-state index contributed by atoms with van der Waals surface area (Å²) in [6.45, 7) is 6.24. The van der Waals surface area contributed by atoms with E-state index in [9.17, 15) is 9.90 Å². The number of carbonyl (C=O) groups is 1. The molecular weight excluding hydrogens is 397 g/mol. The lowest BCUT2D eigenvalue weighted by molar-refractivity contribution is 0.0736. The summed E-state index contributed by atoms with van der Waals surface area (Å²) in [5, 5.41) is 13.6. The maximum atomic E-state index is 13.0. The summed E-state index contributed by atoms with van der Waals surface area (Å²) in [4.78, 5) is 19.3. The molecule has 7 heteroatoms. The van der Waals surface area contributed by atoms with E-state index in [2.05, 4.69) is 10.3 Å². The monoisotopic (exact) mass is 423 g/mol. The number of rotatable bonds is 3. The lowest BCUT2D eigenvalue weighted by Crippen LogP contribution is -2.39. The van der Waals surface area contributed by atoms with E-state index in [1.807, 2.05) is 35.2 Å². The number of fused-ring (bicyclic) bond motifs is 1. The van der Waals surface area contributed by atoms with Crippen molar-refractivity contribution < 1.29 is 9.90 Å². The van der Waals surface area contributed by atoms with Crippen molar-refractivity contribution in [3.8, 4) is 11.1 Å². The Morgan fingerprint density at radius 1 is 1.18 bits per heavy atom. The van der Waals surface area contributed by atoms with Crippen molar-refractivity contribution in [1.29, 1.82) is 0 Å². The quantitative estimate of drug-likeness (QED) is 0.794. The lowest BCUT2D eigenvalue weighted by Gasteiger charge is -2.23. The average molecular weight is 424 g/mol. The van der Waals surface area contributed by atoms with E-state index >= 15 is 0 Å². The van der Waals surface area contributed by atoms with Crippen LogP contribution in [0.1, 0.15) is 36.2 Å². The highest BCUT2D eigenvalue weighted by molar-refractivity contribution is 5.96. The van der Waals surface area contributed by atoms with Crippen LogP contribution in [0.3, 0.4) is 0 Å². The van der Waals surface area contributed by atoms with E-state index < -0.39 is 5.60 Å². The molecule has 1 aromatic carbocycles. The molecule has 2 N–H and O–H groups in total. The number of amides is 1. The van der Waals surface area contributed by atoms with Gasteiger partial charge in [0, 0.05) is 54.8 Å². The fourth-order valence-electron chi connectivity index (χ4n) is 4.03. The van der Waals surface area contributed by atoms with Gasteiger partial charge >= 0.3 is 0 Å². The molecule has 4 rings (SSSR count). The second-order valence-corrected chi connectivity index (χ2v) is 7.88. The summed E-state index contributed by atoms with van der Waals surface area (Å²) >= 11 is 0. The van der Waals surface area contributed by atoms with Crippen LogP contribution in [0.2, 0.25) is 0 Å². The van der Waals surface area contributed by atoms with Crippen molar-refractivity contribution in [3.05, 3.63) is 53.9 Å². The smallest absolute Gasteiger partial charge is 0.254 e. The summed E-state index contributed by atoms with van der Waals surface area (Å²) in [6.07, 6.45) is 4.53. The molecule has 0 aliphatic carbocycles. The highest BCUT2D eigenvalue weighted by Crippen LogP contribution is 2.30. The molecule has 2 aromatic rings.